The molecule has 3 aromatic rings. The van der Waals surface area contributed by atoms with E-state index in [0.29, 0.717) is 17.3 Å². The number of carbonyl (C=O) groups is 1. The third-order valence-corrected chi connectivity index (χ3v) is 7.29. The van der Waals surface area contributed by atoms with Crippen molar-refractivity contribution in [3.63, 3.8) is 0 Å². The zero-order valence-electron chi connectivity index (χ0n) is 14.7. The van der Waals surface area contributed by atoms with E-state index in [1.807, 2.05) is 6.07 Å². The number of nitrogens with zero attached hydrogens (tertiary/aromatic N) is 1. The molecule has 1 aliphatic rings. The third-order valence-electron chi connectivity index (χ3n) is 5.18. The van der Waals surface area contributed by atoms with Gasteiger partial charge in [0.25, 0.3) is 0 Å². The minimum absolute atomic E-state index is 0. The van der Waals surface area contributed by atoms with E-state index in [4.69, 9.17) is 0 Å². The first-order valence-electron chi connectivity index (χ1n) is 8.70. The molecule has 135 valence electrons. The monoisotopic (exact) mass is 460 g/mol. The third kappa shape index (κ3) is 3.32. The maximum absolute atomic E-state index is 11.5. The van der Waals surface area contributed by atoms with E-state index in [0.717, 1.165) is 15.8 Å². The summed E-state index contributed by atoms with van der Waals surface area (Å²) in [5, 5.41) is 11.5. The van der Waals surface area contributed by atoms with Gasteiger partial charge >= 0.3 is 5.97 Å². The molecule has 4 rings (SSSR count). The van der Waals surface area contributed by atoms with Crippen LogP contribution in [-0.4, -0.2) is 15.6 Å². The standard InChI is InChI=1S/C20H21NO2S2.Y/c1-3-21-14-11-15(20(22)23)25-19(14)16(13-7-5-4-6-8-13)17(21)18-12(2)9-10-24-18;/h9-11,13H,1-8H2,(H,22,23);/q-2;. The maximum Gasteiger partial charge on any atom is 0.345 e. The van der Waals surface area contributed by atoms with Crippen LogP contribution in [0.1, 0.15) is 58.8 Å². The number of hydrogen-bond acceptors (Lipinski definition) is 3. The SMILES string of the molecule is [CH2-]Cn1c(-c2sccc2[CH2-])c(C2CCCCC2)c2sc(C(=O)O)cc21.[Y]. The molecule has 3 aromatic heterocycles. The summed E-state index contributed by atoms with van der Waals surface area (Å²) in [5.74, 6) is -0.345. The number of carboxylic acids is 1. The Bertz CT molecular complexity index is 931. The van der Waals surface area contributed by atoms with Gasteiger partial charge in [0, 0.05) is 38.4 Å². The Morgan fingerprint density at radius 3 is 2.62 bits per heavy atom. The van der Waals surface area contributed by atoms with Crippen molar-refractivity contribution in [2.24, 2.45) is 0 Å². The second kappa shape index (κ2) is 8.18. The first kappa shape index (κ1) is 20.1. The first-order valence-corrected chi connectivity index (χ1v) is 10.4. The van der Waals surface area contributed by atoms with Gasteiger partial charge in [-0.1, -0.05) is 29.5 Å². The van der Waals surface area contributed by atoms with E-state index in [2.05, 4.69) is 29.9 Å². The fourth-order valence-corrected chi connectivity index (χ4v) is 6.09. The summed E-state index contributed by atoms with van der Waals surface area (Å²) in [7, 11) is 0. The molecule has 26 heavy (non-hydrogen) atoms. The molecule has 0 unspecified atom stereocenters. The number of thiophene rings is 2. The van der Waals surface area contributed by atoms with Gasteiger partial charge in [-0.3, -0.25) is 0 Å². The van der Waals surface area contributed by atoms with E-state index in [1.54, 1.807) is 11.3 Å². The van der Waals surface area contributed by atoms with E-state index in [-0.39, 0.29) is 32.7 Å². The van der Waals surface area contributed by atoms with Gasteiger partial charge in [-0.15, -0.1) is 17.9 Å². The van der Waals surface area contributed by atoms with Crippen LogP contribution in [0, 0.1) is 13.8 Å². The van der Waals surface area contributed by atoms with Crippen molar-refractivity contribution in [1.29, 1.82) is 0 Å². The van der Waals surface area contributed by atoms with E-state index in [9.17, 15) is 9.90 Å². The Hall–Kier alpha value is -0.616. The molecule has 1 aliphatic carbocycles. The average Bonchev–Trinajstić information content (AvgIpc) is 3.28. The van der Waals surface area contributed by atoms with Crippen LogP contribution in [0.5, 0.6) is 0 Å². The largest absolute Gasteiger partial charge is 0.477 e. The Balaban J connectivity index is 0.00000196. The minimum atomic E-state index is -0.845. The van der Waals surface area contributed by atoms with Crippen LogP contribution >= 0.6 is 22.7 Å². The van der Waals surface area contributed by atoms with Crippen molar-refractivity contribution in [2.45, 2.75) is 44.6 Å². The van der Waals surface area contributed by atoms with E-state index in [1.165, 1.54) is 59.6 Å². The molecular weight excluding hydrogens is 439 g/mol. The molecule has 0 aromatic carbocycles. The Kier molecular flexibility index (Phi) is 6.33. The number of hydrogen-bond donors (Lipinski definition) is 1. The summed E-state index contributed by atoms with van der Waals surface area (Å²) >= 11 is 3.13. The zero-order valence-corrected chi connectivity index (χ0v) is 19.1. The van der Waals surface area contributed by atoms with Gasteiger partial charge in [0.15, 0.2) is 0 Å². The van der Waals surface area contributed by atoms with Gasteiger partial charge in [0.2, 0.25) is 0 Å². The summed E-state index contributed by atoms with van der Waals surface area (Å²) in [6.45, 7) is 8.92. The van der Waals surface area contributed by atoms with Gasteiger partial charge in [-0.25, -0.2) is 16.1 Å². The normalized spacial score (nSPS) is 15.3. The molecule has 0 spiro atoms. The topological polar surface area (TPSA) is 42.2 Å². The molecule has 0 amide bonds. The van der Waals surface area contributed by atoms with Gasteiger partial charge in [0.05, 0.1) is 10.2 Å². The molecule has 0 atom stereocenters. The Labute approximate surface area is 187 Å². The van der Waals surface area contributed by atoms with Crippen LogP contribution in [0.25, 0.3) is 20.8 Å². The van der Waals surface area contributed by atoms with E-state index >= 15 is 0 Å². The molecular formula is C20H21NO2S2Y-2. The van der Waals surface area contributed by atoms with Crippen molar-refractivity contribution in [3.8, 4) is 10.6 Å². The second-order valence-corrected chi connectivity index (χ2v) is 8.62. The van der Waals surface area contributed by atoms with E-state index < -0.39 is 5.97 Å². The molecule has 1 fully saturated rings. The smallest absolute Gasteiger partial charge is 0.345 e. The predicted molar refractivity (Wildman–Crippen MR) is 106 cm³/mol. The average molecular weight is 460 g/mol. The van der Waals surface area contributed by atoms with Crippen molar-refractivity contribution < 1.29 is 42.6 Å². The summed E-state index contributed by atoms with van der Waals surface area (Å²) in [4.78, 5) is 13.1. The molecule has 3 nitrogen and oxygen atoms in total. The number of carboxylic acid groups (broad SMARTS) is 1. The molecule has 1 saturated carbocycles. The summed E-state index contributed by atoms with van der Waals surface area (Å²) in [6, 6.07) is 3.88. The van der Waals surface area contributed by atoms with Gasteiger partial charge in [-0.05, 0) is 30.4 Å². The summed E-state index contributed by atoms with van der Waals surface area (Å²) < 4.78 is 3.33. The molecule has 0 bridgehead atoms. The molecule has 1 N–H and O–H groups in total. The fourth-order valence-electron chi connectivity index (χ4n) is 4.04. The van der Waals surface area contributed by atoms with Crippen molar-refractivity contribution >= 4 is 38.9 Å². The van der Waals surface area contributed by atoms with Crippen LogP contribution in [0.2, 0.25) is 0 Å². The van der Waals surface area contributed by atoms with Crippen LogP contribution in [-0.2, 0) is 39.3 Å². The quantitative estimate of drug-likeness (QED) is 0.472. The molecule has 1 radical (unpaired) electrons. The minimum Gasteiger partial charge on any atom is -0.477 e. The second-order valence-electron chi connectivity index (χ2n) is 6.65. The van der Waals surface area contributed by atoms with Crippen LogP contribution in [0.15, 0.2) is 17.5 Å². The molecule has 6 heteroatoms. The number of aromatic carboxylic acids is 1. The summed E-state index contributed by atoms with van der Waals surface area (Å²) in [5.41, 5.74) is 4.62. The maximum atomic E-state index is 11.5. The molecule has 0 saturated heterocycles. The zero-order chi connectivity index (χ0) is 17.6. The van der Waals surface area contributed by atoms with Crippen molar-refractivity contribution in [2.75, 3.05) is 0 Å². The van der Waals surface area contributed by atoms with Gasteiger partial charge in [-0.2, -0.15) is 18.6 Å². The molecule has 3 heterocycles. The predicted octanol–water partition coefficient (Wildman–Crippen LogP) is 6.19. The fraction of sp³-hybridized carbons (Fsp3) is 0.350. The summed E-state index contributed by atoms with van der Waals surface area (Å²) in [6.07, 6.45) is 6.16. The Morgan fingerprint density at radius 1 is 1.31 bits per heavy atom. The van der Waals surface area contributed by atoms with Crippen LogP contribution in [0.4, 0.5) is 0 Å². The number of rotatable bonds is 4. The Morgan fingerprint density at radius 2 is 2.04 bits per heavy atom. The van der Waals surface area contributed by atoms with Crippen molar-refractivity contribution in [1.82, 2.24) is 4.57 Å². The number of aromatic nitrogens is 1. The van der Waals surface area contributed by atoms with Crippen molar-refractivity contribution in [3.05, 3.63) is 47.4 Å². The van der Waals surface area contributed by atoms with Crippen LogP contribution in [0.3, 0.4) is 0 Å². The first-order chi connectivity index (χ1) is 12.1. The number of fused-ring (bicyclic) bond motifs is 1. The van der Waals surface area contributed by atoms with Crippen LogP contribution < -0.4 is 0 Å². The van der Waals surface area contributed by atoms with Gasteiger partial charge < -0.3 is 16.6 Å². The van der Waals surface area contributed by atoms with Gasteiger partial charge in [0.1, 0.15) is 4.88 Å². The molecule has 0 aliphatic heterocycles.